The minimum atomic E-state index is -2.88. The van der Waals surface area contributed by atoms with E-state index >= 15 is 0 Å². The molecule has 1 N–H and O–H groups in total. The molecule has 0 aromatic heterocycles. The topological polar surface area (TPSA) is 107 Å². The quantitative estimate of drug-likeness (QED) is 0.525. The lowest BCUT2D eigenvalue weighted by atomic mass is 9.84. The molecule has 7 nitrogen and oxygen atoms in total. The lowest BCUT2D eigenvalue weighted by Crippen LogP contribution is -2.57. The SMILES string of the molecule is CCOC(=O)C(O)(C(=O)OCC)C1C(=O)CCC1=O. The molecule has 0 bridgehead atoms. The van der Waals surface area contributed by atoms with Crippen molar-refractivity contribution < 1.29 is 33.8 Å². The van der Waals surface area contributed by atoms with E-state index in [1.807, 2.05) is 0 Å². The third-order valence-corrected chi connectivity index (χ3v) is 2.85. The summed E-state index contributed by atoms with van der Waals surface area (Å²) in [6, 6.07) is 0. The molecule has 1 saturated carbocycles. The maximum Gasteiger partial charge on any atom is 0.351 e. The van der Waals surface area contributed by atoms with E-state index < -0.39 is 35.0 Å². The first kappa shape index (κ1) is 15.3. The average Bonchev–Trinajstić information content (AvgIpc) is 2.69. The molecule has 0 spiro atoms. The van der Waals surface area contributed by atoms with Crippen molar-refractivity contribution in [2.24, 2.45) is 5.92 Å². The molecule has 1 aliphatic rings. The summed E-state index contributed by atoms with van der Waals surface area (Å²) in [4.78, 5) is 46.9. The van der Waals surface area contributed by atoms with Gasteiger partial charge < -0.3 is 14.6 Å². The van der Waals surface area contributed by atoms with E-state index in [0.29, 0.717) is 0 Å². The molecule has 0 unspecified atom stereocenters. The summed E-state index contributed by atoms with van der Waals surface area (Å²) in [6.07, 6.45) is -0.213. The minimum absolute atomic E-state index is 0.102. The molecule has 0 amide bonds. The predicted molar refractivity (Wildman–Crippen MR) is 61.0 cm³/mol. The molecule has 0 atom stereocenters. The van der Waals surface area contributed by atoms with Gasteiger partial charge in [-0.1, -0.05) is 0 Å². The number of hydrogen-bond donors (Lipinski definition) is 1. The summed E-state index contributed by atoms with van der Waals surface area (Å²) in [5.74, 6) is -5.71. The third kappa shape index (κ3) is 2.65. The van der Waals surface area contributed by atoms with Gasteiger partial charge in [0.15, 0.2) is 0 Å². The van der Waals surface area contributed by atoms with Crippen molar-refractivity contribution in [3.63, 3.8) is 0 Å². The van der Waals surface area contributed by atoms with Crippen LogP contribution in [0.2, 0.25) is 0 Å². The van der Waals surface area contributed by atoms with Gasteiger partial charge in [-0.25, -0.2) is 9.59 Å². The molecule has 1 fully saturated rings. The Kier molecular flexibility index (Phi) is 4.77. The van der Waals surface area contributed by atoms with Crippen LogP contribution in [0.25, 0.3) is 0 Å². The molecule has 0 heterocycles. The second kappa shape index (κ2) is 5.92. The fraction of sp³-hybridized carbons (Fsp3) is 0.667. The number of ether oxygens (including phenoxy) is 2. The summed E-state index contributed by atoms with van der Waals surface area (Å²) < 4.78 is 9.18. The van der Waals surface area contributed by atoms with Crippen molar-refractivity contribution in [1.29, 1.82) is 0 Å². The fourth-order valence-electron chi connectivity index (χ4n) is 1.98. The summed E-state index contributed by atoms with van der Waals surface area (Å²) in [6.45, 7) is 2.74. The van der Waals surface area contributed by atoms with E-state index in [9.17, 15) is 24.3 Å². The van der Waals surface area contributed by atoms with Gasteiger partial charge in [0, 0.05) is 12.8 Å². The van der Waals surface area contributed by atoms with Crippen LogP contribution in [0.5, 0.6) is 0 Å². The largest absolute Gasteiger partial charge is 0.463 e. The Labute approximate surface area is 109 Å². The van der Waals surface area contributed by atoms with Crippen LogP contribution in [0.1, 0.15) is 26.7 Å². The summed E-state index contributed by atoms with van der Waals surface area (Å²) in [5.41, 5.74) is -2.88. The molecule has 0 aromatic rings. The maximum absolute atomic E-state index is 11.8. The van der Waals surface area contributed by atoms with Gasteiger partial charge in [0.1, 0.15) is 17.5 Å². The Bertz CT molecular complexity index is 378. The number of esters is 2. The van der Waals surface area contributed by atoms with E-state index in [0.717, 1.165) is 0 Å². The summed E-state index contributed by atoms with van der Waals surface area (Å²) in [7, 11) is 0. The van der Waals surface area contributed by atoms with Crippen LogP contribution in [-0.2, 0) is 28.7 Å². The highest BCUT2D eigenvalue weighted by Crippen LogP contribution is 2.31. The smallest absolute Gasteiger partial charge is 0.351 e. The van der Waals surface area contributed by atoms with E-state index in [-0.39, 0.29) is 26.1 Å². The Morgan fingerprint density at radius 1 is 1.11 bits per heavy atom. The Balaban J connectivity index is 3.18. The number of carbonyl (C=O) groups is 4. The fourth-order valence-corrected chi connectivity index (χ4v) is 1.98. The van der Waals surface area contributed by atoms with E-state index in [1.54, 1.807) is 0 Å². The van der Waals surface area contributed by atoms with Crippen LogP contribution < -0.4 is 0 Å². The molecule has 1 rings (SSSR count). The number of carbonyl (C=O) groups excluding carboxylic acids is 4. The van der Waals surface area contributed by atoms with Gasteiger partial charge in [0.2, 0.25) is 0 Å². The van der Waals surface area contributed by atoms with Crippen molar-refractivity contribution in [3.8, 4) is 0 Å². The van der Waals surface area contributed by atoms with Gasteiger partial charge in [0.05, 0.1) is 13.2 Å². The van der Waals surface area contributed by atoms with Crippen molar-refractivity contribution in [3.05, 3.63) is 0 Å². The van der Waals surface area contributed by atoms with Crippen molar-refractivity contribution in [2.75, 3.05) is 13.2 Å². The predicted octanol–water partition coefficient (Wildman–Crippen LogP) is -0.608. The summed E-state index contributed by atoms with van der Waals surface area (Å²) in [5, 5.41) is 10.3. The molecule has 106 valence electrons. The highest BCUT2D eigenvalue weighted by molar-refractivity contribution is 6.19. The molecule has 0 aliphatic heterocycles. The molecule has 0 radical (unpaired) electrons. The van der Waals surface area contributed by atoms with Crippen LogP contribution in [-0.4, -0.2) is 47.4 Å². The number of aliphatic hydroxyl groups is 1. The minimum Gasteiger partial charge on any atom is -0.463 e. The average molecular weight is 272 g/mol. The molecular weight excluding hydrogens is 256 g/mol. The molecule has 0 saturated heterocycles. The van der Waals surface area contributed by atoms with Crippen LogP contribution in [0, 0.1) is 5.92 Å². The van der Waals surface area contributed by atoms with Gasteiger partial charge in [0.25, 0.3) is 5.60 Å². The number of Topliss-reactive ketones (excluding diaryl/α,β-unsaturated/α-hetero) is 2. The first-order chi connectivity index (χ1) is 8.89. The highest BCUT2D eigenvalue weighted by Gasteiger charge is 2.61. The highest BCUT2D eigenvalue weighted by atomic mass is 16.6. The van der Waals surface area contributed by atoms with E-state index in [1.165, 1.54) is 13.8 Å². The first-order valence-electron chi connectivity index (χ1n) is 6.01. The maximum atomic E-state index is 11.8. The Morgan fingerprint density at radius 3 is 1.79 bits per heavy atom. The lowest BCUT2D eigenvalue weighted by Gasteiger charge is -2.27. The second-order valence-electron chi connectivity index (χ2n) is 4.07. The van der Waals surface area contributed by atoms with Crippen LogP contribution in [0.3, 0.4) is 0 Å². The van der Waals surface area contributed by atoms with E-state index in [2.05, 4.69) is 9.47 Å². The molecule has 0 aromatic carbocycles. The van der Waals surface area contributed by atoms with Crippen molar-refractivity contribution in [1.82, 2.24) is 0 Å². The number of hydrogen-bond acceptors (Lipinski definition) is 7. The van der Waals surface area contributed by atoms with Crippen molar-refractivity contribution >= 4 is 23.5 Å². The second-order valence-corrected chi connectivity index (χ2v) is 4.07. The zero-order chi connectivity index (χ0) is 14.6. The Hall–Kier alpha value is -1.76. The monoisotopic (exact) mass is 272 g/mol. The molecule has 1 aliphatic carbocycles. The van der Waals surface area contributed by atoms with E-state index in [4.69, 9.17) is 0 Å². The first-order valence-corrected chi connectivity index (χ1v) is 6.01. The van der Waals surface area contributed by atoms with Crippen LogP contribution in [0.15, 0.2) is 0 Å². The van der Waals surface area contributed by atoms with Gasteiger partial charge >= 0.3 is 11.9 Å². The zero-order valence-electron chi connectivity index (χ0n) is 10.8. The van der Waals surface area contributed by atoms with Gasteiger partial charge in [-0.2, -0.15) is 0 Å². The number of ketones is 2. The van der Waals surface area contributed by atoms with Crippen LogP contribution in [0.4, 0.5) is 0 Å². The summed E-state index contributed by atoms with van der Waals surface area (Å²) >= 11 is 0. The molecular formula is C12H16O7. The van der Waals surface area contributed by atoms with Crippen LogP contribution >= 0.6 is 0 Å². The molecule has 7 heteroatoms. The lowest BCUT2D eigenvalue weighted by molar-refractivity contribution is -0.191. The standard InChI is InChI=1S/C12H16O7/c1-3-18-10(15)12(17,11(16)19-4-2)9-7(13)5-6-8(9)14/h9,17H,3-6H2,1-2H3. The number of rotatable bonds is 5. The Morgan fingerprint density at radius 2 is 1.47 bits per heavy atom. The van der Waals surface area contributed by atoms with Gasteiger partial charge in [-0.05, 0) is 13.8 Å². The normalized spacial score (nSPS) is 16.6. The zero-order valence-corrected chi connectivity index (χ0v) is 10.8. The van der Waals surface area contributed by atoms with Crippen molar-refractivity contribution in [2.45, 2.75) is 32.3 Å². The van der Waals surface area contributed by atoms with Gasteiger partial charge in [-0.3, -0.25) is 9.59 Å². The van der Waals surface area contributed by atoms with Gasteiger partial charge in [-0.15, -0.1) is 0 Å². The molecule has 19 heavy (non-hydrogen) atoms. The third-order valence-electron chi connectivity index (χ3n) is 2.85.